The zero-order chi connectivity index (χ0) is 16.7. The highest BCUT2D eigenvalue weighted by Crippen LogP contribution is 2.72. The number of fused-ring (bicyclic) bond motifs is 4. The summed E-state index contributed by atoms with van der Waals surface area (Å²) >= 11 is 0. The predicted octanol–water partition coefficient (Wildman–Crippen LogP) is 5.37. The van der Waals surface area contributed by atoms with Crippen molar-refractivity contribution in [2.24, 2.45) is 22.7 Å². The van der Waals surface area contributed by atoms with Crippen LogP contribution in [0.25, 0.3) is 0 Å². The normalized spacial score (nSPS) is 46.2. The van der Waals surface area contributed by atoms with Gasteiger partial charge in [-0.2, -0.15) is 0 Å². The van der Waals surface area contributed by atoms with Crippen LogP contribution >= 0.6 is 0 Å². The highest BCUT2D eigenvalue weighted by Gasteiger charge is 2.69. The Balaban J connectivity index is 1.63. The molecule has 0 aliphatic heterocycles. The lowest BCUT2D eigenvalue weighted by Gasteiger charge is -2.57. The number of rotatable bonds is 0. The maximum Gasteiger partial charge on any atom is 0.139 e. The molecule has 2 unspecified atom stereocenters. The van der Waals surface area contributed by atoms with Gasteiger partial charge in [-0.05, 0) is 85.7 Å². The minimum atomic E-state index is 0.0410. The molecule has 0 aromatic heterocycles. The van der Waals surface area contributed by atoms with E-state index in [4.69, 9.17) is 0 Å². The lowest BCUT2D eigenvalue weighted by Crippen LogP contribution is -2.54. The first kappa shape index (κ1) is 15.2. The molecule has 1 aromatic rings. The van der Waals surface area contributed by atoms with Gasteiger partial charge in [0.25, 0.3) is 0 Å². The molecule has 0 radical (unpaired) electrons. The molecule has 5 atom stereocenters. The van der Waals surface area contributed by atoms with E-state index < -0.39 is 0 Å². The SMILES string of the molecule is Cc1ccc2c(c1)CCC1C3CC[C@@]4(C)CCC(=O)[C@@]34CC[C@]21C. The van der Waals surface area contributed by atoms with E-state index in [1.54, 1.807) is 11.1 Å². The molecule has 4 aliphatic rings. The Labute approximate surface area is 146 Å². The minimum absolute atomic E-state index is 0.0410. The van der Waals surface area contributed by atoms with Crippen molar-refractivity contribution in [2.45, 2.75) is 77.6 Å². The van der Waals surface area contributed by atoms with Crippen LogP contribution < -0.4 is 0 Å². The first-order valence-corrected chi connectivity index (χ1v) is 10.0. The second kappa shape index (κ2) is 4.54. The summed E-state index contributed by atoms with van der Waals surface area (Å²) in [6.45, 7) is 7.18. The summed E-state index contributed by atoms with van der Waals surface area (Å²) in [5.74, 6) is 1.99. The van der Waals surface area contributed by atoms with Gasteiger partial charge in [-0.3, -0.25) is 4.79 Å². The first-order chi connectivity index (χ1) is 11.4. The fraction of sp³-hybridized carbons (Fsp3) is 0.696. The number of carbonyl (C=O) groups is 1. The van der Waals surface area contributed by atoms with E-state index in [9.17, 15) is 4.79 Å². The Morgan fingerprint density at radius 2 is 1.79 bits per heavy atom. The average Bonchev–Trinajstić information content (AvgIpc) is 2.98. The van der Waals surface area contributed by atoms with E-state index >= 15 is 0 Å². The molecule has 3 saturated carbocycles. The van der Waals surface area contributed by atoms with Crippen LogP contribution in [0, 0.1) is 29.6 Å². The van der Waals surface area contributed by atoms with Crippen molar-refractivity contribution in [1.82, 2.24) is 0 Å². The molecule has 1 aromatic carbocycles. The van der Waals surface area contributed by atoms with E-state index in [0.717, 1.165) is 19.3 Å². The molecule has 4 aliphatic carbocycles. The van der Waals surface area contributed by atoms with Gasteiger partial charge in [0.05, 0.1) is 0 Å². The van der Waals surface area contributed by atoms with E-state index in [1.165, 1.54) is 37.7 Å². The van der Waals surface area contributed by atoms with Gasteiger partial charge in [0.15, 0.2) is 0 Å². The van der Waals surface area contributed by atoms with E-state index in [0.29, 0.717) is 28.4 Å². The molecule has 0 N–H and O–H groups in total. The van der Waals surface area contributed by atoms with Crippen molar-refractivity contribution < 1.29 is 4.79 Å². The average molecular weight is 322 g/mol. The van der Waals surface area contributed by atoms with E-state index in [2.05, 4.69) is 39.0 Å². The molecule has 0 heterocycles. The van der Waals surface area contributed by atoms with E-state index in [1.807, 2.05) is 0 Å². The van der Waals surface area contributed by atoms with Crippen LogP contribution in [0.5, 0.6) is 0 Å². The molecule has 1 spiro atoms. The van der Waals surface area contributed by atoms with Crippen LogP contribution in [-0.4, -0.2) is 5.78 Å². The quantitative estimate of drug-likeness (QED) is 0.627. The Bertz CT molecular complexity index is 734. The summed E-state index contributed by atoms with van der Waals surface area (Å²) < 4.78 is 0. The van der Waals surface area contributed by atoms with Gasteiger partial charge in [-0.25, -0.2) is 0 Å². The van der Waals surface area contributed by atoms with Gasteiger partial charge >= 0.3 is 0 Å². The number of hydrogen-bond acceptors (Lipinski definition) is 1. The lowest BCUT2D eigenvalue weighted by atomic mass is 9.46. The third kappa shape index (κ3) is 1.56. The molecule has 24 heavy (non-hydrogen) atoms. The fourth-order valence-corrected chi connectivity index (χ4v) is 7.80. The predicted molar refractivity (Wildman–Crippen MR) is 97.1 cm³/mol. The summed E-state index contributed by atoms with van der Waals surface area (Å²) in [4.78, 5) is 13.1. The number of ketones is 1. The number of Topliss-reactive ketones (excluding diaryl/α,β-unsaturated/α-hetero) is 1. The molecule has 0 saturated heterocycles. The third-order valence-corrected chi connectivity index (χ3v) is 9.06. The van der Waals surface area contributed by atoms with Crippen molar-refractivity contribution in [3.05, 3.63) is 34.9 Å². The van der Waals surface area contributed by atoms with Crippen LogP contribution in [0.2, 0.25) is 0 Å². The highest BCUT2D eigenvalue weighted by molar-refractivity contribution is 5.89. The Kier molecular flexibility index (Phi) is 2.87. The molecule has 1 nitrogen and oxygen atoms in total. The van der Waals surface area contributed by atoms with Gasteiger partial charge in [-0.15, -0.1) is 0 Å². The molecular formula is C23H30O. The Morgan fingerprint density at radius 3 is 2.62 bits per heavy atom. The van der Waals surface area contributed by atoms with Crippen LogP contribution in [0.3, 0.4) is 0 Å². The van der Waals surface area contributed by atoms with Gasteiger partial charge in [0, 0.05) is 11.8 Å². The molecular weight excluding hydrogens is 292 g/mol. The number of hydrogen-bond donors (Lipinski definition) is 0. The summed E-state index contributed by atoms with van der Waals surface area (Å²) in [6.07, 6.45) is 9.46. The zero-order valence-corrected chi connectivity index (χ0v) is 15.5. The van der Waals surface area contributed by atoms with Gasteiger partial charge in [0.2, 0.25) is 0 Å². The van der Waals surface area contributed by atoms with Crippen LogP contribution in [0.15, 0.2) is 18.2 Å². The third-order valence-electron chi connectivity index (χ3n) is 9.06. The van der Waals surface area contributed by atoms with Gasteiger partial charge in [0.1, 0.15) is 5.78 Å². The first-order valence-electron chi connectivity index (χ1n) is 10.0. The van der Waals surface area contributed by atoms with E-state index in [-0.39, 0.29) is 5.41 Å². The lowest BCUT2D eigenvalue weighted by molar-refractivity contribution is -0.139. The van der Waals surface area contributed by atoms with Gasteiger partial charge < -0.3 is 0 Å². The maximum absolute atomic E-state index is 13.1. The second-order valence-corrected chi connectivity index (χ2v) is 9.82. The number of carbonyl (C=O) groups excluding carboxylic acids is 1. The summed E-state index contributed by atoms with van der Waals surface area (Å²) in [5.41, 5.74) is 5.23. The van der Waals surface area contributed by atoms with Crippen LogP contribution in [-0.2, 0) is 16.6 Å². The molecule has 128 valence electrons. The maximum atomic E-state index is 13.1. The smallest absolute Gasteiger partial charge is 0.139 e. The number of aryl methyl sites for hydroxylation is 2. The molecule has 0 bridgehead atoms. The Hall–Kier alpha value is -1.11. The second-order valence-electron chi connectivity index (χ2n) is 9.82. The zero-order valence-electron chi connectivity index (χ0n) is 15.5. The minimum Gasteiger partial charge on any atom is -0.299 e. The molecule has 5 rings (SSSR count). The Morgan fingerprint density at radius 1 is 0.958 bits per heavy atom. The van der Waals surface area contributed by atoms with Crippen molar-refractivity contribution >= 4 is 5.78 Å². The van der Waals surface area contributed by atoms with Crippen molar-refractivity contribution in [3.63, 3.8) is 0 Å². The van der Waals surface area contributed by atoms with Crippen molar-refractivity contribution in [2.75, 3.05) is 0 Å². The number of benzene rings is 1. The fourth-order valence-electron chi connectivity index (χ4n) is 7.80. The largest absolute Gasteiger partial charge is 0.299 e. The van der Waals surface area contributed by atoms with Crippen LogP contribution in [0.1, 0.15) is 75.5 Å². The summed E-state index contributed by atoms with van der Waals surface area (Å²) in [7, 11) is 0. The summed E-state index contributed by atoms with van der Waals surface area (Å²) in [5, 5.41) is 0. The molecule has 0 amide bonds. The monoisotopic (exact) mass is 322 g/mol. The standard InChI is InChI=1S/C23H30O/c1-15-4-6-17-16(14-15)5-7-18-19-8-10-21(2)11-9-20(24)23(19,21)13-12-22(17,18)3/h4,6,14,18-19H,5,7-13H2,1-3H3/t18?,19?,21-,22+,23+/m0/s1. The van der Waals surface area contributed by atoms with Crippen molar-refractivity contribution in [3.8, 4) is 0 Å². The topological polar surface area (TPSA) is 17.1 Å². The molecule has 3 fully saturated rings. The highest BCUT2D eigenvalue weighted by atomic mass is 16.1. The molecule has 1 heteroatoms. The summed E-state index contributed by atoms with van der Waals surface area (Å²) in [6, 6.07) is 7.14. The van der Waals surface area contributed by atoms with Crippen molar-refractivity contribution in [1.29, 1.82) is 0 Å². The van der Waals surface area contributed by atoms with Crippen LogP contribution in [0.4, 0.5) is 0 Å². The van der Waals surface area contributed by atoms with Gasteiger partial charge in [-0.1, -0.05) is 37.6 Å².